The number of hydrogen-bond donors (Lipinski definition) is 13. The predicted molar refractivity (Wildman–Crippen MR) is 145 cm³/mol. The average Bonchev–Trinajstić information content (AvgIpc) is 3.07. The maximum atomic E-state index is 12.0. The van der Waals surface area contributed by atoms with Gasteiger partial charge < -0.3 is 99.4 Å². The first-order chi connectivity index (χ1) is 22.5. The van der Waals surface area contributed by atoms with E-state index in [0.717, 1.165) is 0 Å². The quantitative estimate of drug-likeness (QED) is 0.0488. The van der Waals surface area contributed by atoms with Crippen molar-refractivity contribution < 1.29 is 113 Å². The van der Waals surface area contributed by atoms with E-state index < -0.39 is 152 Å². The first kappa shape index (κ1) is 41.5. The summed E-state index contributed by atoms with van der Waals surface area (Å²) in [4.78, 5) is 20.4. The molecule has 48 heavy (non-hydrogen) atoms. The summed E-state index contributed by atoms with van der Waals surface area (Å²) >= 11 is 0. The van der Waals surface area contributed by atoms with Gasteiger partial charge in [0.2, 0.25) is 0 Å². The molecule has 3 fully saturated rings. The van der Waals surface area contributed by atoms with Gasteiger partial charge in [0.25, 0.3) is 0 Å². The monoisotopic (exact) mass is 730 g/mol. The van der Waals surface area contributed by atoms with E-state index in [1.54, 1.807) is 0 Å². The highest BCUT2D eigenvalue weighted by Crippen LogP contribution is 2.44. The first-order valence-electron chi connectivity index (χ1n) is 14.5. The van der Waals surface area contributed by atoms with E-state index in [9.17, 15) is 70.4 Å². The van der Waals surface area contributed by atoms with Crippen LogP contribution < -0.4 is 0 Å². The Labute approximate surface area is 271 Å². The Morgan fingerprint density at radius 3 is 1.77 bits per heavy atom. The lowest BCUT2D eigenvalue weighted by Crippen LogP contribution is -2.65. The van der Waals surface area contributed by atoms with E-state index in [1.165, 1.54) is 0 Å². The minimum atomic E-state index is -4.87. The lowest BCUT2D eigenvalue weighted by Gasteiger charge is -2.46. The normalized spacial score (nSPS) is 43.3. The summed E-state index contributed by atoms with van der Waals surface area (Å²) in [7, 11) is -4.87. The number of aldehydes is 1. The summed E-state index contributed by atoms with van der Waals surface area (Å²) in [6, 6.07) is 0. The Morgan fingerprint density at radius 2 is 1.19 bits per heavy atom. The van der Waals surface area contributed by atoms with Gasteiger partial charge >= 0.3 is 7.82 Å². The van der Waals surface area contributed by atoms with Crippen molar-refractivity contribution in [1.29, 1.82) is 0 Å². The molecule has 0 saturated carbocycles. The van der Waals surface area contributed by atoms with Gasteiger partial charge in [-0.25, -0.2) is 4.57 Å². The van der Waals surface area contributed by atoms with Crippen LogP contribution in [0.5, 0.6) is 0 Å². The molecule has 0 aromatic heterocycles. The maximum absolute atomic E-state index is 12.0. The summed E-state index contributed by atoms with van der Waals surface area (Å²) in [5, 5.41) is 121. The highest BCUT2D eigenvalue weighted by Gasteiger charge is 2.52. The molecule has 2 unspecified atom stereocenters. The van der Waals surface area contributed by atoms with Crippen molar-refractivity contribution in [2.24, 2.45) is 0 Å². The number of carbonyl (C=O) groups is 1. The van der Waals surface area contributed by atoms with Crippen LogP contribution in [-0.2, 0) is 46.8 Å². The van der Waals surface area contributed by atoms with Gasteiger partial charge in [-0.3, -0.25) is 9.05 Å². The number of ether oxygens (including phenoxy) is 6. The molecule has 24 heteroatoms. The number of phosphoric ester groups is 1. The lowest BCUT2D eigenvalue weighted by atomic mass is 9.97. The molecule has 3 rings (SSSR count). The summed E-state index contributed by atoms with van der Waals surface area (Å²) in [5.41, 5.74) is 0. The van der Waals surface area contributed by atoms with Gasteiger partial charge in [-0.15, -0.1) is 0 Å². The summed E-state index contributed by atoms with van der Waals surface area (Å²) in [6.07, 6.45) is -30.4. The third kappa shape index (κ3) is 10.5. The van der Waals surface area contributed by atoms with Crippen LogP contribution in [0.2, 0.25) is 0 Å². The highest BCUT2D eigenvalue weighted by atomic mass is 31.2. The first-order valence-corrected chi connectivity index (χ1v) is 16.0. The van der Waals surface area contributed by atoms with Crippen molar-refractivity contribution in [3.8, 4) is 0 Å². The molecule has 282 valence electrons. The molecular weight excluding hydrogens is 687 g/mol. The lowest BCUT2D eigenvalue weighted by molar-refractivity contribution is -0.366. The third-order valence-corrected chi connectivity index (χ3v) is 8.46. The van der Waals surface area contributed by atoms with Crippen LogP contribution >= 0.6 is 7.82 Å². The van der Waals surface area contributed by atoms with Gasteiger partial charge in [-0.2, -0.15) is 0 Å². The van der Waals surface area contributed by atoms with Crippen LogP contribution in [0.25, 0.3) is 0 Å². The Hall–Kier alpha value is -0.940. The molecule has 3 heterocycles. The summed E-state index contributed by atoms with van der Waals surface area (Å²) in [6.45, 7) is -4.80. The van der Waals surface area contributed by atoms with E-state index in [2.05, 4.69) is 9.05 Å². The molecule has 0 aromatic carbocycles. The van der Waals surface area contributed by atoms with E-state index in [-0.39, 0.29) is 6.29 Å². The number of hydrogen-bond acceptors (Lipinski definition) is 22. The van der Waals surface area contributed by atoms with Crippen molar-refractivity contribution >= 4 is 14.1 Å². The maximum Gasteiger partial charge on any atom is 0.472 e. The number of rotatable bonds is 17. The fourth-order valence-corrected chi connectivity index (χ4v) is 5.50. The average molecular weight is 731 g/mol. The second kappa shape index (κ2) is 18.5. The zero-order chi connectivity index (χ0) is 35.9. The molecule has 3 saturated heterocycles. The van der Waals surface area contributed by atoms with E-state index >= 15 is 0 Å². The molecule has 0 radical (unpaired) electrons. The van der Waals surface area contributed by atoms with Gasteiger partial charge in [0, 0.05) is 0 Å². The number of aliphatic hydroxyl groups is 12. The minimum absolute atomic E-state index is 0.133. The SMILES string of the molecule is O=C[C@@H](O)CO[C@H]1O[C@H](CO)[C@@H](O)[C@H](O[C@H]2O[C@H](CO[C@@H]3O[C@H](COP(=O)(O)OCC(O)CO)[C@@H](O)[C@H](O)[C@H]3O)[C@H](O)[C@H](O)[C@H]2O)[C@H]1O. The molecular formula is C24H43O23P. The van der Waals surface area contributed by atoms with E-state index in [0.29, 0.717) is 0 Å². The van der Waals surface area contributed by atoms with Crippen LogP contribution in [0.15, 0.2) is 0 Å². The molecule has 13 N–H and O–H groups in total. The van der Waals surface area contributed by atoms with Crippen molar-refractivity contribution in [3.63, 3.8) is 0 Å². The second-order valence-electron chi connectivity index (χ2n) is 11.1. The smallest absolute Gasteiger partial charge is 0.394 e. The number of phosphoric acid groups is 1. The largest absolute Gasteiger partial charge is 0.472 e. The van der Waals surface area contributed by atoms with Crippen LogP contribution in [0, 0.1) is 0 Å². The fraction of sp³-hybridized carbons (Fsp3) is 0.958. The molecule has 0 spiro atoms. The van der Waals surface area contributed by atoms with E-state index in [1.807, 2.05) is 0 Å². The van der Waals surface area contributed by atoms with Gasteiger partial charge in [0.05, 0.1) is 39.6 Å². The Bertz CT molecular complexity index is 1030. The molecule has 3 aliphatic rings. The molecule has 0 aromatic rings. The molecule has 0 bridgehead atoms. The standard InChI is InChI=1S/C24H43O23P/c25-1-8(28)4-40-23-20(37)21(15(32)10(3-27)44-23)47-24-19(36)17(34)13(30)11(46-24)6-41-22-18(35)16(33)14(31)12(45-22)7-43-48(38,39)42-5-9(29)2-26/h1,8-24,26-37H,2-7H2,(H,38,39)/t8-,9?,10-,11-,12-,13+,14-,15-,16+,17+,18-,19-,20-,21+,22-,23+,24-/m1/s1. The van der Waals surface area contributed by atoms with Crippen LogP contribution in [0.1, 0.15) is 0 Å². The molecule has 0 aliphatic carbocycles. The third-order valence-electron chi connectivity index (χ3n) is 7.51. The molecule has 23 nitrogen and oxygen atoms in total. The Morgan fingerprint density at radius 1 is 0.646 bits per heavy atom. The zero-order valence-electron chi connectivity index (χ0n) is 25.0. The van der Waals surface area contributed by atoms with Crippen molar-refractivity contribution in [3.05, 3.63) is 0 Å². The van der Waals surface area contributed by atoms with Gasteiger partial charge in [-0.1, -0.05) is 0 Å². The van der Waals surface area contributed by atoms with Gasteiger partial charge in [0.1, 0.15) is 85.5 Å². The van der Waals surface area contributed by atoms with Crippen LogP contribution in [0.4, 0.5) is 0 Å². The van der Waals surface area contributed by atoms with Crippen LogP contribution in [0.3, 0.4) is 0 Å². The number of carbonyl (C=O) groups excluding carboxylic acids is 1. The zero-order valence-corrected chi connectivity index (χ0v) is 25.9. The van der Waals surface area contributed by atoms with Crippen molar-refractivity contribution in [1.82, 2.24) is 0 Å². The van der Waals surface area contributed by atoms with Gasteiger partial charge in [0.15, 0.2) is 25.2 Å². The summed E-state index contributed by atoms with van der Waals surface area (Å²) < 4.78 is 53.3. The number of aliphatic hydroxyl groups excluding tert-OH is 12. The second-order valence-corrected chi connectivity index (χ2v) is 12.6. The predicted octanol–water partition coefficient (Wildman–Crippen LogP) is -8.49. The summed E-state index contributed by atoms with van der Waals surface area (Å²) in [5.74, 6) is 0. The molecule has 3 aliphatic heterocycles. The molecule has 0 amide bonds. The Balaban J connectivity index is 1.65. The van der Waals surface area contributed by atoms with Crippen LogP contribution in [-0.4, -0.2) is 216 Å². The van der Waals surface area contributed by atoms with Crippen molar-refractivity contribution in [2.75, 3.05) is 39.6 Å². The van der Waals surface area contributed by atoms with Crippen molar-refractivity contribution in [2.45, 2.75) is 104 Å². The Kier molecular flexibility index (Phi) is 16.0. The fourth-order valence-electron chi connectivity index (χ4n) is 4.73. The van der Waals surface area contributed by atoms with E-state index in [4.69, 9.17) is 33.5 Å². The highest BCUT2D eigenvalue weighted by molar-refractivity contribution is 7.47. The van der Waals surface area contributed by atoms with Gasteiger partial charge in [-0.05, 0) is 0 Å². The minimum Gasteiger partial charge on any atom is -0.394 e. The topological polar surface area (TPSA) is 371 Å². The molecule has 18 atom stereocenters.